The lowest BCUT2D eigenvalue weighted by atomic mass is 10.2. The van der Waals surface area contributed by atoms with Crippen LogP contribution in [0.2, 0.25) is 0 Å². The average molecular weight is 248 g/mol. The number of thiophene rings is 1. The zero-order valence-electron chi connectivity index (χ0n) is 9.82. The lowest BCUT2D eigenvalue weighted by molar-refractivity contribution is 0.0952. The highest BCUT2D eigenvalue weighted by atomic mass is 32.1. The van der Waals surface area contributed by atoms with E-state index in [1.54, 1.807) is 0 Å². The number of carbonyl (C=O) groups excluding carboxylic acids is 1. The molecule has 0 spiro atoms. The molecule has 1 fully saturated rings. The summed E-state index contributed by atoms with van der Waals surface area (Å²) in [6, 6.07) is 1.82. The van der Waals surface area contributed by atoms with Gasteiger partial charge in [-0.25, -0.2) is 0 Å². The summed E-state index contributed by atoms with van der Waals surface area (Å²) in [5.41, 5.74) is 5.99. The van der Waals surface area contributed by atoms with Crippen LogP contribution in [0, 0.1) is 23.7 Å². The molecule has 1 saturated carbocycles. The number of carbonyl (C=O) groups is 1. The maximum Gasteiger partial charge on any atom is 0.252 e. The zero-order valence-corrected chi connectivity index (χ0v) is 10.6. The molecule has 2 unspecified atom stereocenters. The molecule has 17 heavy (non-hydrogen) atoms. The van der Waals surface area contributed by atoms with Gasteiger partial charge in [-0.05, 0) is 24.3 Å². The number of rotatable bonds is 3. The molecule has 1 aliphatic rings. The highest BCUT2D eigenvalue weighted by Gasteiger charge is 2.32. The molecule has 1 aromatic heterocycles. The van der Waals surface area contributed by atoms with E-state index in [4.69, 9.17) is 5.73 Å². The summed E-state index contributed by atoms with van der Waals surface area (Å²) in [6.07, 6.45) is 1.23. The predicted molar refractivity (Wildman–Crippen MR) is 69.9 cm³/mol. The van der Waals surface area contributed by atoms with Crippen LogP contribution in [0.5, 0.6) is 0 Å². The first-order valence-corrected chi connectivity index (χ1v) is 6.64. The van der Waals surface area contributed by atoms with Crippen LogP contribution in [-0.2, 0) is 0 Å². The van der Waals surface area contributed by atoms with Gasteiger partial charge in [0.25, 0.3) is 5.91 Å². The van der Waals surface area contributed by atoms with Gasteiger partial charge >= 0.3 is 0 Å². The molecule has 1 amide bonds. The second-order valence-corrected chi connectivity index (χ2v) is 5.30. The van der Waals surface area contributed by atoms with Crippen LogP contribution in [0.1, 0.15) is 28.6 Å². The zero-order chi connectivity index (χ0) is 12.3. The van der Waals surface area contributed by atoms with Gasteiger partial charge in [0.15, 0.2) is 0 Å². The summed E-state index contributed by atoms with van der Waals surface area (Å²) in [5, 5.41) is 4.80. The van der Waals surface area contributed by atoms with Gasteiger partial charge in [0.05, 0.1) is 17.0 Å². The van der Waals surface area contributed by atoms with Crippen molar-refractivity contribution in [2.45, 2.75) is 13.3 Å². The Morgan fingerprint density at radius 2 is 2.47 bits per heavy atom. The first-order valence-electron chi connectivity index (χ1n) is 5.76. The van der Waals surface area contributed by atoms with E-state index in [1.807, 2.05) is 11.4 Å². The van der Waals surface area contributed by atoms with E-state index in [0.29, 0.717) is 18.0 Å². The SMILES string of the molecule is CC1CC1CNC(=O)c1csc(C#CCN)c1. The minimum absolute atomic E-state index is 0.00106. The van der Waals surface area contributed by atoms with E-state index < -0.39 is 0 Å². The van der Waals surface area contributed by atoms with Crippen LogP contribution in [0.3, 0.4) is 0 Å². The number of hydrogen-bond acceptors (Lipinski definition) is 3. The van der Waals surface area contributed by atoms with Crippen molar-refractivity contribution >= 4 is 17.2 Å². The molecule has 1 heterocycles. The molecular weight excluding hydrogens is 232 g/mol. The molecule has 4 heteroatoms. The Morgan fingerprint density at radius 1 is 1.71 bits per heavy atom. The van der Waals surface area contributed by atoms with Gasteiger partial charge in [0.1, 0.15) is 0 Å². The molecule has 3 nitrogen and oxygen atoms in total. The molecule has 0 radical (unpaired) electrons. The van der Waals surface area contributed by atoms with E-state index in [0.717, 1.165) is 17.3 Å². The molecule has 0 bridgehead atoms. The quantitative estimate of drug-likeness (QED) is 0.795. The van der Waals surface area contributed by atoms with Crippen LogP contribution < -0.4 is 11.1 Å². The fourth-order valence-corrected chi connectivity index (χ4v) is 2.42. The van der Waals surface area contributed by atoms with Crippen LogP contribution in [-0.4, -0.2) is 19.0 Å². The number of amides is 1. The summed E-state index contributed by atoms with van der Waals surface area (Å²) in [5.74, 6) is 7.15. The Hall–Kier alpha value is -1.31. The van der Waals surface area contributed by atoms with Crippen molar-refractivity contribution in [3.63, 3.8) is 0 Å². The van der Waals surface area contributed by atoms with E-state index in [2.05, 4.69) is 24.1 Å². The van der Waals surface area contributed by atoms with Crippen LogP contribution in [0.4, 0.5) is 0 Å². The van der Waals surface area contributed by atoms with Gasteiger partial charge in [-0.2, -0.15) is 0 Å². The van der Waals surface area contributed by atoms with Gasteiger partial charge in [0, 0.05) is 11.9 Å². The van der Waals surface area contributed by atoms with Crippen LogP contribution >= 0.6 is 11.3 Å². The molecule has 0 aliphatic heterocycles. The van der Waals surface area contributed by atoms with Gasteiger partial charge in [-0.3, -0.25) is 4.79 Å². The molecule has 2 rings (SSSR count). The third kappa shape index (κ3) is 3.32. The summed E-state index contributed by atoms with van der Waals surface area (Å²) < 4.78 is 0. The monoisotopic (exact) mass is 248 g/mol. The predicted octanol–water partition coefficient (Wildman–Crippen LogP) is 1.44. The van der Waals surface area contributed by atoms with Crippen molar-refractivity contribution < 1.29 is 4.79 Å². The van der Waals surface area contributed by atoms with Gasteiger partial charge in [-0.15, -0.1) is 11.3 Å². The van der Waals surface area contributed by atoms with Crippen LogP contribution in [0.15, 0.2) is 11.4 Å². The van der Waals surface area contributed by atoms with E-state index >= 15 is 0 Å². The maximum absolute atomic E-state index is 11.8. The Balaban J connectivity index is 1.88. The minimum Gasteiger partial charge on any atom is -0.352 e. The lowest BCUT2D eigenvalue weighted by Crippen LogP contribution is -2.25. The first-order chi connectivity index (χ1) is 8.20. The highest BCUT2D eigenvalue weighted by Crippen LogP contribution is 2.36. The van der Waals surface area contributed by atoms with Gasteiger partial charge in [0.2, 0.25) is 0 Å². The normalized spacial score (nSPS) is 21.5. The smallest absolute Gasteiger partial charge is 0.252 e. The topological polar surface area (TPSA) is 55.1 Å². The third-order valence-electron chi connectivity index (χ3n) is 2.98. The van der Waals surface area contributed by atoms with E-state index in [9.17, 15) is 4.79 Å². The average Bonchev–Trinajstić information content (AvgIpc) is 2.84. The van der Waals surface area contributed by atoms with Crippen molar-refractivity contribution in [3.8, 4) is 11.8 Å². The molecule has 0 saturated heterocycles. The molecular formula is C13H16N2OS. The Kier molecular flexibility index (Phi) is 3.82. The van der Waals surface area contributed by atoms with Crippen molar-refractivity contribution in [2.75, 3.05) is 13.1 Å². The molecule has 1 aromatic rings. The third-order valence-corrected chi connectivity index (χ3v) is 3.82. The Labute approximate surface area is 105 Å². The van der Waals surface area contributed by atoms with E-state index in [-0.39, 0.29) is 5.91 Å². The standard InChI is InChI=1S/C13H16N2OS/c1-9-5-10(9)7-15-13(16)11-6-12(17-8-11)3-2-4-14/h6,8-10H,4-5,7,14H2,1H3,(H,15,16). The van der Waals surface area contributed by atoms with E-state index in [1.165, 1.54) is 17.8 Å². The summed E-state index contributed by atoms with van der Waals surface area (Å²) in [6.45, 7) is 3.35. The number of nitrogens with two attached hydrogens (primary N) is 1. The number of hydrogen-bond donors (Lipinski definition) is 2. The molecule has 0 aromatic carbocycles. The Bertz CT molecular complexity index is 469. The number of nitrogens with one attached hydrogen (secondary N) is 1. The summed E-state index contributed by atoms with van der Waals surface area (Å²) >= 11 is 1.48. The molecule has 90 valence electrons. The largest absolute Gasteiger partial charge is 0.352 e. The van der Waals surface area contributed by atoms with Crippen molar-refractivity contribution in [3.05, 3.63) is 21.9 Å². The van der Waals surface area contributed by atoms with Crippen molar-refractivity contribution in [2.24, 2.45) is 17.6 Å². The maximum atomic E-state index is 11.8. The molecule has 1 aliphatic carbocycles. The highest BCUT2D eigenvalue weighted by molar-refractivity contribution is 7.10. The Morgan fingerprint density at radius 3 is 3.12 bits per heavy atom. The lowest BCUT2D eigenvalue weighted by Gasteiger charge is -2.01. The summed E-state index contributed by atoms with van der Waals surface area (Å²) in [4.78, 5) is 12.7. The van der Waals surface area contributed by atoms with Gasteiger partial charge in [-0.1, -0.05) is 18.8 Å². The van der Waals surface area contributed by atoms with Crippen LogP contribution in [0.25, 0.3) is 0 Å². The summed E-state index contributed by atoms with van der Waals surface area (Å²) in [7, 11) is 0. The second kappa shape index (κ2) is 5.35. The molecule has 3 N–H and O–H groups in total. The first kappa shape index (κ1) is 12.2. The minimum atomic E-state index is 0.00106. The molecule has 2 atom stereocenters. The fourth-order valence-electron chi connectivity index (χ4n) is 1.67. The van der Waals surface area contributed by atoms with Gasteiger partial charge < -0.3 is 11.1 Å². The second-order valence-electron chi connectivity index (χ2n) is 4.39. The van der Waals surface area contributed by atoms with Crippen molar-refractivity contribution in [1.29, 1.82) is 0 Å². The fraction of sp³-hybridized carbons (Fsp3) is 0.462. The van der Waals surface area contributed by atoms with Crippen molar-refractivity contribution in [1.82, 2.24) is 5.32 Å².